The molecule has 2 aliphatic rings. The average Bonchev–Trinajstić information content (AvgIpc) is 3.09. The third-order valence-corrected chi connectivity index (χ3v) is 6.30. The van der Waals surface area contributed by atoms with E-state index in [4.69, 9.17) is 0 Å². The van der Waals surface area contributed by atoms with Gasteiger partial charge in [-0.05, 0) is 44.7 Å². The van der Waals surface area contributed by atoms with Crippen molar-refractivity contribution in [2.45, 2.75) is 33.1 Å². The lowest BCUT2D eigenvalue weighted by atomic mass is 9.84. The highest BCUT2D eigenvalue weighted by molar-refractivity contribution is 5.87. The minimum Gasteiger partial charge on any atom is -0.352 e. The molecule has 2 aromatic heterocycles. The van der Waals surface area contributed by atoms with Crippen molar-refractivity contribution in [1.29, 1.82) is 0 Å². The van der Waals surface area contributed by atoms with Crippen molar-refractivity contribution >= 4 is 22.8 Å². The number of hydrogen-bond donors (Lipinski definition) is 1. The van der Waals surface area contributed by atoms with E-state index >= 15 is 0 Å². The SMILES string of the molecule is Cc1nc(N2CCN(C(=O)CC(C)C3CCNCC3)CC2)c2cnn(C)c2n1. The Bertz CT molecular complexity index is 834. The van der Waals surface area contributed by atoms with Crippen LogP contribution in [-0.4, -0.2) is 69.8 Å². The lowest BCUT2D eigenvalue weighted by Gasteiger charge is -2.37. The summed E-state index contributed by atoms with van der Waals surface area (Å²) in [5, 5.41) is 8.72. The summed E-state index contributed by atoms with van der Waals surface area (Å²) in [6.45, 7) is 9.43. The molecular formula is C20H31N7O. The normalized spacial score (nSPS) is 20.0. The highest BCUT2D eigenvalue weighted by Crippen LogP contribution is 2.27. The molecule has 2 aromatic rings. The Hall–Kier alpha value is -2.22. The van der Waals surface area contributed by atoms with E-state index in [1.807, 2.05) is 25.1 Å². The molecule has 1 amide bonds. The van der Waals surface area contributed by atoms with Crippen LogP contribution in [0.1, 0.15) is 32.0 Å². The minimum absolute atomic E-state index is 0.302. The molecule has 2 aliphatic heterocycles. The topological polar surface area (TPSA) is 79.2 Å². The zero-order valence-electron chi connectivity index (χ0n) is 17.2. The summed E-state index contributed by atoms with van der Waals surface area (Å²) in [6.07, 6.45) is 4.89. The van der Waals surface area contributed by atoms with E-state index in [0.717, 1.165) is 61.9 Å². The van der Waals surface area contributed by atoms with Crippen molar-refractivity contribution in [3.63, 3.8) is 0 Å². The van der Waals surface area contributed by atoms with E-state index in [1.165, 1.54) is 12.8 Å². The molecule has 8 heteroatoms. The summed E-state index contributed by atoms with van der Waals surface area (Å²) in [5.41, 5.74) is 0.858. The molecule has 1 N–H and O–H groups in total. The number of aryl methyl sites for hydroxylation is 2. The van der Waals surface area contributed by atoms with Gasteiger partial charge in [-0.3, -0.25) is 9.48 Å². The predicted molar refractivity (Wildman–Crippen MR) is 109 cm³/mol. The van der Waals surface area contributed by atoms with Crippen LogP contribution in [0.15, 0.2) is 6.20 Å². The van der Waals surface area contributed by atoms with Gasteiger partial charge in [0.25, 0.3) is 0 Å². The molecule has 0 saturated carbocycles. The van der Waals surface area contributed by atoms with Gasteiger partial charge >= 0.3 is 0 Å². The maximum atomic E-state index is 12.8. The fourth-order valence-electron chi connectivity index (χ4n) is 4.51. The fourth-order valence-corrected chi connectivity index (χ4v) is 4.51. The molecule has 1 unspecified atom stereocenters. The number of rotatable bonds is 4. The van der Waals surface area contributed by atoms with Crippen LogP contribution in [0, 0.1) is 18.8 Å². The highest BCUT2D eigenvalue weighted by atomic mass is 16.2. The number of carbonyl (C=O) groups excluding carboxylic acids is 1. The molecule has 0 aliphatic carbocycles. The molecule has 4 rings (SSSR count). The number of amides is 1. The zero-order valence-corrected chi connectivity index (χ0v) is 17.2. The quantitative estimate of drug-likeness (QED) is 0.856. The van der Waals surface area contributed by atoms with Gasteiger partial charge in [0.15, 0.2) is 5.65 Å². The van der Waals surface area contributed by atoms with Crippen molar-refractivity contribution in [2.75, 3.05) is 44.2 Å². The van der Waals surface area contributed by atoms with Gasteiger partial charge < -0.3 is 15.1 Å². The van der Waals surface area contributed by atoms with Crippen LogP contribution in [0.4, 0.5) is 5.82 Å². The van der Waals surface area contributed by atoms with Crippen LogP contribution < -0.4 is 10.2 Å². The van der Waals surface area contributed by atoms with Gasteiger partial charge in [-0.25, -0.2) is 9.97 Å². The molecule has 4 heterocycles. The molecule has 152 valence electrons. The van der Waals surface area contributed by atoms with E-state index in [9.17, 15) is 4.79 Å². The molecule has 0 spiro atoms. The Morgan fingerprint density at radius 1 is 1.21 bits per heavy atom. The predicted octanol–water partition coefficient (Wildman–Crippen LogP) is 1.35. The van der Waals surface area contributed by atoms with Crippen LogP contribution in [0.5, 0.6) is 0 Å². The molecule has 2 saturated heterocycles. The lowest BCUT2D eigenvalue weighted by molar-refractivity contribution is -0.132. The molecular weight excluding hydrogens is 354 g/mol. The van der Waals surface area contributed by atoms with Gasteiger partial charge in [-0.15, -0.1) is 0 Å². The van der Waals surface area contributed by atoms with Gasteiger partial charge in [-0.1, -0.05) is 6.92 Å². The summed E-state index contributed by atoms with van der Waals surface area (Å²) in [5.74, 6) is 3.13. The van der Waals surface area contributed by atoms with Gasteiger partial charge in [0.2, 0.25) is 5.91 Å². The molecule has 1 atom stereocenters. The van der Waals surface area contributed by atoms with E-state index in [0.29, 0.717) is 24.2 Å². The fraction of sp³-hybridized carbons (Fsp3) is 0.700. The monoisotopic (exact) mass is 385 g/mol. The highest BCUT2D eigenvalue weighted by Gasteiger charge is 2.27. The van der Waals surface area contributed by atoms with Crippen LogP contribution in [0.3, 0.4) is 0 Å². The van der Waals surface area contributed by atoms with Gasteiger partial charge in [-0.2, -0.15) is 5.10 Å². The number of aromatic nitrogens is 4. The van der Waals surface area contributed by atoms with Crippen LogP contribution in [-0.2, 0) is 11.8 Å². The van der Waals surface area contributed by atoms with E-state index in [1.54, 1.807) is 4.68 Å². The first-order valence-corrected chi connectivity index (χ1v) is 10.4. The number of carbonyl (C=O) groups is 1. The standard InChI is InChI=1S/C20H31N7O/c1-14(16-4-6-21-7-5-16)12-18(28)26-8-10-27(11-9-26)20-17-13-22-25(3)19(17)23-15(2)24-20/h13-14,16,21H,4-12H2,1-3H3. The number of hydrogen-bond acceptors (Lipinski definition) is 6. The van der Waals surface area contributed by atoms with Crippen molar-refractivity contribution in [3.05, 3.63) is 12.0 Å². The first-order chi connectivity index (χ1) is 13.5. The number of piperazine rings is 1. The number of fused-ring (bicyclic) bond motifs is 1. The third kappa shape index (κ3) is 3.83. The Balaban J connectivity index is 1.37. The van der Waals surface area contributed by atoms with E-state index in [-0.39, 0.29) is 0 Å². The Morgan fingerprint density at radius 3 is 2.64 bits per heavy atom. The Kier molecular flexibility index (Phi) is 5.48. The molecule has 2 fully saturated rings. The van der Waals surface area contributed by atoms with Gasteiger partial charge in [0.05, 0.1) is 11.6 Å². The first-order valence-electron chi connectivity index (χ1n) is 10.4. The maximum Gasteiger partial charge on any atom is 0.222 e. The van der Waals surface area contributed by atoms with Crippen molar-refractivity contribution < 1.29 is 4.79 Å². The van der Waals surface area contributed by atoms with Crippen molar-refractivity contribution in [2.24, 2.45) is 18.9 Å². The van der Waals surface area contributed by atoms with Crippen LogP contribution in [0.2, 0.25) is 0 Å². The van der Waals surface area contributed by atoms with E-state index in [2.05, 4.69) is 32.2 Å². The maximum absolute atomic E-state index is 12.8. The van der Waals surface area contributed by atoms with Crippen LogP contribution >= 0.6 is 0 Å². The van der Waals surface area contributed by atoms with Crippen molar-refractivity contribution in [3.8, 4) is 0 Å². The smallest absolute Gasteiger partial charge is 0.222 e. The second kappa shape index (κ2) is 8.03. The summed E-state index contributed by atoms with van der Waals surface area (Å²) < 4.78 is 1.79. The molecule has 0 aromatic carbocycles. The molecule has 28 heavy (non-hydrogen) atoms. The van der Waals surface area contributed by atoms with Crippen LogP contribution in [0.25, 0.3) is 11.0 Å². The Morgan fingerprint density at radius 2 is 1.93 bits per heavy atom. The Labute approximate surface area is 166 Å². The van der Waals surface area contributed by atoms with Gasteiger partial charge in [0, 0.05) is 39.6 Å². The number of anilines is 1. The zero-order chi connectivity index (χ0) is 19.7. The average molecular weight is 386 g/mol. The minimum atomic E-state index is 0.302. The molecule has 0 radical (unpaired) electrons. The summed E-state index contributed by atoms with van der Waals surface area (Å²) in [7, 11) is 1.90. The third-order valence-electron chi connectivity index (χ3n) is 6.30. The first kappa shape index (κ1) is 19.1. The van der Waals surface area contributed by atoms with Gasteiger partial charge in [0.1, 0.15) is 11.6 Å². The number of piperidine rings is 1. The largest absolute Gasteiger partial charge is 0.352 e. The summed E-state index contributed by atoms with van der Waals surface area (Å²) >= 11 is 0. The number of nitrogens with zero attached hydrogens (tertiary/aromatic N) is 6. The lowest BCUT2D eigenvalue weighted by Crippen LogP contribution is -2.49. The van der Waals surface area contributed by atoms with Crippen molar-refractivity contribution in [1.82, 2.24) is 30.0 Å². The number of nitrogens with one attached hydrogen (secondary N) is 1. The molecule has 8 nitrogen and oxygen atoms in total. The van der Waals surface area contributed by atoms with E-state index < -0.39 is 0 Å². The summed E-state index contributed by atoms with van der Waals surface area (Å²) in [4.78, 5) is 26.3. The molecule has 0 bridgehead atoms. The second-order valence-electron chi connectivity index (χ2n) is 8.24. The summed E-state index contributed by atoms with van der Waals surface area (Å²) in [6, 6.07) is 0. The second-order valence-corrected chi connectivity index (χ2v) is 8.24.